The Kier molecular flexibility index (Phi) is 4.75. The molecule has 0 radical (unpaired) electrons. The summed E-state index contributed by atoms with van der Waals surface area (Å²) in [7, 11) is -3.29. The molecular formula is C15H18F3NO3S. The monoisotopic (exact) mass is 349 g/mol. The van der Waals surface area contributed by atoms with Crippen molar-refractivity contribution in [2.75, 3.05) is 12.0 Å². The molecule has 1 aromatic rings. The average molecular weight is 349 g/mol. The van der Waals surface area contributed by atoms with Crippen molar-refractivity contribution in [3.05, 3.63) is 35.4 Å². The largest absolute Gasteiger partial charge is 0.416 e. The molecule has 128 valence electrons. The van der Waals surface area contributed by atoms with Crippen LogP contribution in [0.1, 0.15) is 30.4 Å². The highest BCUT2D eigenvalue weighted by atomic mass is 32.2. The van der Waals surface area contributed by atoms with E-state index in [2.05, 4.69) is 5.32 Å². The molecular weight excluding hydrogens is 331 g/mol. The molecule has 0 unspecified atom stereocenters. The summed E-state index contributed by atoms with van der Waals surface area (Å²) in [6, 6.07) is 4.93. The molecule has 0 aliphatic heterocycles. The number of halogens is 3. The summed E-state index contributed by atoms with van der Waals surface area (Å²) >= 11 is 0. The Balaban J connectivity index is 2.03. The van der Waals surface area contributed by atoms with Gasteiger partial charge in [-0.05, 0) is 18.1 Å². The second kappa shape index (κ2) is 6.14. The minimum absolute atomic E-state index is 0.168. The third-order valence-electron chi connectivity index (χ3n) is 3.78. The van der Waals surface area contributed by atoms with Gasteiger partial charge in [0.25, 0.3) is 0 Å². The van der Waals surface area contributed by atoms with E-state index < -0.39 is 33.4 Å². The molecule has 0 spiro atoms. The first-order valence-electron chi connectivity index (χ1n) is 7.13. The predicted molar refractivity (Wildman–Crippen MR) is 79.6 cm³/mol. The number of carbonyl (C=O) groups excluding carboxylic acids is 1. The van der Waals surface area contributed by atoms with Crippen molar-refractivity contribution in [3.63, 3.8) is 0 Å². The molecule has 0 saturated heterocycles. The zero-order valence-corrected chi connectivity index (χ0v) is 13.5. The maximum atomic E-state index is 13.0. The number of rotatable bonds is 5. The smallest absolute Gasteiger partial charge is 0.352 e. The molecule has 1 aliphatic rings. The highest BCUT2D eigenvalue weighted by Gasteiger charge is 2.45. The highest BCUT2D eigenvalue weighted by Crippen LogP contribution is 2.46. The third-order valence-corrected chi connectivity index (χ3v) is 4.89. The van der Waals surface area contributed by atoms with Crippen molar-refractivity contribution in [2.45, 2.75) is 31.5 Å². The Bertz CT molecular complexity index is 700. The van der Waals surface area contributed by atoms with Gasteiger partial charge in [-0.2, -0.15) is 13.2 Å². The average Bonchev–Trinajstić information content (AvgIpc) is 3.15. The van der Waals surface area contributed by atoms with E-state index in [0.717, 1.165) is 12.3 Å². The second-order valence-corrected chi connectivity index (χ2v) is 8.22. The van der Waals surface area contributed by atoms with Crippen molar-refractivity contribution in [3.8, 4) is 0 Å². The number of amides is 1. The Morgan fingerprint density at radius 2 is 1.96 bits per heavy atom. The normalized spacial score (nSPS) is 22.5. The van der Waals surface area contributed by atoms with Gasteiger partial charge < -0.3 is 5.32 Å². The quantitative estimate of drug-likeness (QED) is 0.888. The summed E-state index contributed by atoms with van der Waals surface area (Å²) in [6.45, 7) is 1.48. The molecule has 1 aromatic carbocycles. The number of carbonyl (C=O) groups is 1. The van der Waals surface area contributed by atoms with E-state index in [-0.39, 0.29) is 23.3 Å². The van der Waals surface area contributed by atoms with Crippen LogP contribution < -0.4 is 5.32 Å². The molecule has 1 N–H and O–H groups in total. The topological polar surface area (TPSA) is 63.2 Å². The lowest BCUT2D eigenvalue weighted by molar-refractivity contribution is -0.138. The number of hydrogen-bond donors (Lipinski definition) is 1. The van der Waals surface area contributed by atoms with Gasteiger partial charge in [0.15, 0.2) is 0 Å². The lowest BCUT2D eigenvalue weighted by Crippen LogP contribution is -2.35. The third kappa shape index (κ3) is 4.70. The number of benzene rings is 1. The maximum absolute atomic E-state index is 13.0. The molecule has 2 rings (SSSR count). The molecule has 1 saturated carbocycles. The molecule has 0 aromatic heterocycles. The van der Waals surface area contributed by atoms with Crippen LogP contribution in [0.25, 0.3) is 0 Å². The molecule has 0 heterocycles. The van der Waals surface area contributed by atoms with Crippen molar-refractivity contribution < 1.29 is 26.4 Å². The molecule has 4 nitrogen and oxygen atoms in total. The van der Waals surface area contributed by atoms with Gasteiger partial charge in [-0.3, -0.25) is 4.79 Å². The first-order chi connectivity index (χ1) is 10.5. The first-order valence-corrected chi connectivity index (χ1v) is 9.19. The van der Waals surface area contributed by atoms with Crippen molar-refractivity contribution >= 4 is 15.7 Å². The van der Waals surface area contributed by atoms with Gasteiger partial charge in [0.2, 0.25) is 5.91 Å². The lowest BCUT2D eigenvalue weighted by Gasteiger charge is -2.14. The SMILES string of the molecule is C[C@H](CS(C)(=O)=O)C(=O)N[C@@H]1C[C@@H]1c1ccccc1C(F)(F)F. The molecule has 1 fully saturated rings. The van der Waals surface area contributed by atoms with Crippen LogP contribution in [0.3, 0.4) is 0 Å². The van der Waals surface area contributed by atoms with Gasteiger partial charge in [-0.15, -0.1) is 0 Å². The second-order valence-electron chi connectivity index (χ2n) is 6.04. The summed E-state index contributed by atoms with van der Waals surface area (Å²) < 4.78 is 61.3. The number of hydrogen-bond acceptors (Lipinski definition) is 3. The van der Waals surface area contributed by atoms with Crippen LogP contribution in [0, 0.1) is 5.92 Å². The highest BCUT2D eigenvalue weighted by molar-refractivity contribution is 7.90. The summed E-state index contributed by atoms with van der Waals surface area (Å²) in [4.78, 5) is 11.9. The Labute approximate surface area is 133 Å². The van der Waals surface area contributed by atoms with E-state index >= 15 is 0 Å². The van der Waals surface area contributed by atoms with E-state index in [1.807, 2.05) is 0 Å². The zero-order valence-electron chi connectivity index (χ0n) is 12.7. The first kappa shape index (κ1) is 17.8. The summed E-state index contributed by atoms with van der Waals surface area (Å²) in [5.41, 5.74) is -0.521. The Morgan fingerprint density at radius 3 is 2.52 bits per heavy atom. The van der Waals surface area contributed by atoms with Crippen LogP contribution in [0.4, 0.5) is 13.2 Å². The Morgan fingerprint density at radius 1 is 1.35 bits per heavy atom. The van der Waals surface area contributed by atoms with Crippen LogP contribution >= 0.6 is 0 Å². The number of sulfone groups is 1. The predicted octanol–water partition coefficient (Wildman–Crippen LogP) is 2.36. The van der Waals surface area contributed by atoms with Crippen molar-refractivity contribution in [2.24, 2.45) is 5.92 Å². The van der Waals surface area contributed by atoms with Crippen LogP contribution in [0.2, 0.25) is 0 Å². The summed E-state index contributed by atoms with van der Waals surface area (Å²) in [5.74, 6) is -1.85. The van der Waals surface area contributed by atoms with Gasteiger partial charge in [-0.1, -0.05) is 25.1 Å². The molecule has 0 bridgehead atoms. The van der Waals surface area contributed by atoms with E-state index in [0.29, 0.717) is 6.42 Å². The maximum Gasteiger partial charge on any atom is 0.416 e. The van der Waals surface area contributed by atoms with Crippen LogP contribution in [-0.4, -0.2) is 32.4 Å². The van der Waals surface area contributed by atoms with Gasteiger partial charge in [-0.25, -0.2) is 8.42 Å². The lowest BCUT2D eigenvalue weighted by atomic mass is 10.0. The number of alkyl halides is 3. The van der Waals surface area contributed by atoms with Crippen LogP contribution in [-0.2, 0) is 20.8 Å². The van der Waals surface area contributed by atoms with Crippen molar-refractivity contribution in [1.82, 2.24) is 5.32 Å². The molecule has 23 heavy (non-hydrogen) atoms. The van der Waals surface area contributed by atoms with E-state index in [4.69, 9.17) is 0 Å². The fourth-order valence-corrected chi connectivity index (χ4v) is 3.69. The van der Waals surface area contributed by atoms with Gasteiger partial charge in [0.1, 0.15) is 9.84 Å². The van der Waals surface area contributed by atoms with Crippen LogP contribution in [0.5, 0.6) is 0 Å². The molecule has 1 aliphatic carbocycles. The zero-order chi connectivity index (χ0) is 17.4. The fraction of sp³-hybridized carbons (Fsp3) is 0.533. The standard InChI is InChI=1S/C15H18F3NO3S/c1-9(8-23(2,21)22)14(20)19-13-7-11(13)10-5-3-4-6-12(10)15(16,17)18/h3-6,9,11,13H,7-8H2,1-2H3,(H,19,20)/t9-,11-,13-/m1/s1. The minimum atomic E-state index is -4.43. The van der Waals surface area contributed by atoms with Crippen LogP contribution in [0.15, 0.2) is 24.3 Å². The molecule has 3 atom stereocenters. The van der Waals surface area contributed by atoms with E-state index in [9.17, 15) is 26.4 Å². The molecule has 1 amide bonds. The number of nitrogens with one attached hydrogen (secondary N) is 1. The minimum Gasteiger partial charge on any atom is -0.352 e. The summed E-state index contributed by atoms with van der Waals surface area (Å²) in [5, 5.41) is 2.63. The van der Waals surface area contributed by atoms with E-state index in [1.165, 1.54) is 25.1 Å². The Hall–Kier alpha value is -1.57. The fourth-order valence-electron chi connectivity index (χ4n) is 2.63. The summed E-state index contributed by atoms with van der Waals surface area (Å²) in [6.07, 6.45) is -2.97. The molecule has 8 heteroatoms. The van der Waals surface area contributed by atoms with Crippen molar-refractivity contribution in [1.29, 1.82) is 0 Å². The van der Waals surface area contributed by atoms with Gasteiger partial charge >= 0.3 is 6.18 Å². The van der Waals surface area contributed by atoms with E-state index in [1.54, 1.807) is 0 Å². The van der Waals surface area contributed by atoms with Gasteiger partial charge in [0.05, 0.1) is 11.3 Å². The van der Waals surface area contributed by atoms with Gasteiger partial charge in [0, 0.05) is 24.1 Å².